The van der Waals surface area contributed by atoms with Crippen molar-refractivity contribution in [2.24, 2.45) is 0 Å². The van der Waals surface area contributed by atoms with Crippen LogP contribution in [0, 0.1) is 0 Å². The molecule has 0 atom stereocenters. The van der Waals surface area contributed by atoms with Gasteiger partial charge in [-0.2, -0.15) is 0 Å². The Morgan fingerprint density at radius 2 is 2.31 bits per heavy atom. The van der Waals surface area contributed by atoms with Crippen LogP contribution in [0.5, 0.6) is 0 Å². The second-order valence-corrected chi connectivity index (χ2v) is 2.34. The molecule has 0 amide bonds. The van der Waals surface area contributed by atoms with Gasteiger partial charge in [0.2, 0.25) is 5.65 Å². The predicted molar refractivity (Wildman–Crippen MR) is 43.5 cm³/mol. The second kappa shape index (κ2) is 2.47. The topological polar surface area (TPSA) is 92.8 Å². The molecule has 0 aliphatic carbocycles. The van der Waals surface area contributed by atoms with Crippen LogP contribution in [-0.4, -0.2) is 26.8 Å². The molecule has 0 saturated carbocycles. The number of hydrogen-bond acceptors (Lipinski definition) is 4. The van der Waals surface area contributed by atoms with E-state index in [0.29, 0.717) is 0 Å². The van der Waals surface area contributed by atoms with Crippen molar-refractivity contribution in [1.82, 2.24) is 19.7 Å². The van der Waals surface area contributed by atoms with Gasteiger partial charge in [-0.05, 0) is 0 Å². The number of imidazole rings is 1. The average Bonchev–Trinajstić information content (AvgIpc) is 2.53. The van der Waals surface area contributed by atoms with E-state index in [1.54, 1.807) is 0 Å². The largest absolute Gasteiger partial charge is 0.411 e. The summed E-state index contributed by atoms with van der Waals surface area (Å²) in [6.45, 7) is 0. The van der Waals surface area contributed by atoms with E-state index in [0.717, 1.165) is 4.73 Å². The van der Waals surface area contributed by atoms with E-state index in [1.165, 1.54) is 13.4 Å². The third-order valence-corrected chi connectivity index (χ3v) is 1.63. The lowest BCUT2D eigenvalue weighted by molar-refractivity contribution is 0.163. The van der Waals surface area contributed by atoms with Crippen molar-refractivity contribution in [2.75, 3.05) is 7.11 Å². The number of fused-ring (bicyclic) bond motifs is 1. The van der Waals surface area contributed by atoms with Crippen LogP contribution >= 0.6 is 0 Å². The van der Waals surface area contributed by atoms with Gasteiger partial charge >= 0.3 is 5.69 Å². The van der Waals surface area contributed by atoms with Gasteiger partial charge in [0, 0.05) is 0 Å². The number of hydrogen-bond donors (Lipinski definition) is 2. The lowest BCUT2D eigenvalue weighted by Crippen LogP contribution is -2.33. The fourth-order valence-corrected chi connectivity index (χ4v) is 1.08. The maximum atomic E-state index is 11.1. The zero-order valence-electron chi connectivity index (χ0n) is 6.70. The highest BCUT2D eigenvalue weighted by Crippen LogP contribution is 1.96. The predicted octanol–water partition coefficient (Wildman–Crippen LogP) is -1.53. The standard InChI is InChI=1S/C6H6N4O3/c1-13-10-4-3(7-2-8-4)5(11)9-6(10)12/h2H,1H3,(H,7,8)(H,9,11,12). The van der Waals surface area contributed by atoms with Crippen LogP contribution in [0.1, 0.15) is 0 Å². The Bertz CT molecular complexity index is 549. The van der Waals surface area contributed by atoms with E-state index in [2.05, 4.69) is 15.0 Å². The number of nitrogens with zero attached hydrogens (tertiary/aromatic N) is 2. The zero-order chi connectivity index (χ0) is 9.42. The maximum Gasteiger partial charge on any atom is 0.363 e. The summed E-state index contributed by atoms with van der Waals surface area (Å²) < 4.78 is 0.896. The molecule has 0 aliphatic rings. The molecule has 0 aromatic carbocycles. The fourth-order valence-electron chi connectivity index (χ4n) is 1.08. The Morgan fingerprint density at radius 3 is 3.00 bits per heavy atom. The summed E-state index contributed by atoms with van der Waals surface area (Å²) in [4.78, 5) is 35.4. The molecule has 2 aromatic rings. The fraction of sp³-hybridized carbons (Fsp3) is 0.167. The van der Waals surface area contributed by atoms with Gasteiger partial charge in [0.1, 0.15) is 7.11 Å². The van der Waals surface area contributed by atoms with Crippen molar-refractivity contribution >= 4 is 11.2 Å². The molecule has 7 nitrogen and oxygen atoms in total. The molecular weight excluding hydrogens is 176 g/mol. The highest BCUT2D eigenvalue weighted by molar-refractivity contribution is 5.68. The van der Waals surface area contributed by atoms with Crippen molar-refractivity contribution in [2.45, 2.75) is 0 Å². The summed E-state index contributed by atoms with van der Waals surface area (Å²) in [6, 6.07) is 0. The van der Waals surface area contributed by atoms with Crippen LogP contribution in [0.3, 0.4) is 0 Å². The van der Waals surface area contributed by atoms with Crippen LogP contribution < -0.4 is 16.1 Å². The molecule has 2 aromatic heterocycles. The molecule has 7 heteroatoms. The molecule has 0 unspecified atom stereocenters. The first-order chi connectivity index (χ1) is 6.24. The highest BCUT2D eigenvalue weighted by Gasteiger charge is 2.08. The van der Waals surface area contributed by atoms with Crippen molar-refractivity contribution in [3.63, 3.8) is 0 Å². The summed E-state index contributed by atoms with van der Waals surface area (Å²) in [5, 5.41) is 0. The van der Waals surface area contributed by atoms with Gasteiger partial charge in [0.25, 0.3) is 5.56 Å². The summed E-state index contributed by atoms with van der Waals surface area (Å²) in [5.74, 6) is 0. The number of H-pyrrole nitrogens is 2. The Kier molecular flexibility index (Phi) is 1.44. The molecule has 0 spiro atoms. The Balaban J connectivity index is 3.06. The second-order valence-electron chi connectivity index (χ2n) is 2.34. The summed E-state index contributed by atoms with van der Waals surface area (Å²) in [5.41, 5.74) is -0.768. The molecule has 0 aliphatic heterocycles. The molecular formula is C6H6N4O3. The van der Waals surface area contributed by atoms with Gasteiger partial charge in [-0.3, -0.25) is 9.78 Å². The van der Waals surface area contributed by atoms with E-state index >= 15 is 0 Å². The molecule has 68 valence electrons. The zero-order valence-corrected chi connectivity index (χ0v) is 6.70. The third-order valence-electron chi connectivity index (χ3n) is 1.63. The van der Waals surface area contributed by atoms with Crippen molar-refractivity contribution < 1.29 is 4.84 Å². The van der Waals surface area contributed by atoms with Crippen molar-refractivity contribution in [3.8, 4) is 0 Å². The third kappa shape index (κ3) is 0.934. The lowest BCUT2D eigenvalue weighted by atomic mass is 10.5. The first-order valence-corrected chi connectivity index (χ1v) is 3.47. The van der Waals surface area contributed by atoms with Gasteiger partial charge in [-0.1, -0.05) is 0 Å². The van der Waals surface area contributed by atoms with E-state index in [9.17, 15) is 9.59 Å². The van der Waals surface area contributed by atoms with Gasteiger partial charge in [-0.25, -0.2) is 9.78 Å². The first-order valence-electron chi connectivity index (χ1n) is 3.47. The molecule has 0 fully saturated rings. The highest BCUT2D eigenvalue weighted by atomic mass is 16.7. The first kappa shape index (κ1) is 7.59. The van der Waals surface area contributed by atoms with Gasteiger partial charge in [0.15, 0.2) is 5.52 Å². The van der Waals surface area contributed by atoms with Crippen molar-refractivity contribution in [3.05, 3.63) is 27.2 Å². The lowest BCUT2D eigenvalue weighted by Gasteiger charge is -2.00. The molecule has 13 heavy (non-hydrogen) atoms. The number of aromatic amines is 2. The minimum absolute atomic E-state index is 0.177. The molecule has 2 heterocycles. The minimum atomic E-state index is -0.646. The molecule has 0 bridgehead atoms. The van der Waals surface area contributed by atoms with E-state index in [1.807, 2.05) is 0 Å². The number of nitrogens with one attached hydrogen (secondary N) is 2. The Morgan fingerprint density at radius 1 is 1.54 bits per heavy atom. The average molecular weight is 182 g/mol. The normalized spacial score (nSPS) is 10.5. The molecule has 2 rings (SSSR count). The van der Waals surface area contributed by atoms with Gasteiger partial charge in [-0.15, -0.1) is 4.73 Å². The summed E-state index contributed by atoms with van der Waals surface area (Å²) in [7, 11) is 1.31. The van der Waals surface area contributed by atoms with Crippen LogP contribution in [0.2, 0.25) is 0 Å². The number of aromatic nitrogens is 4. The van der Waals surface area contributed by atoms with E-state index < -0.39 is 11.2 Å². The number of rotatable bonds is 1. The van der Waals surface area contributed by atoms with Crippen LogP contribution in [0.4, 0.5) is 0 Å². The summed E-state index contributed by atoms with van der Waals surface area (Å²) in [6.07, 6.45) is 1.31. The van der Waals surface area contributed by atoms with Gasteiger partial charge < -0.3 is 9.82 Å². The van der Waals surface area contributed by atoms with Crippen LogP contribution in [0.15, 0.2) is 15.9 Å². The molecule has 0 radical (unpaired) electrons. The van der Waals surface area contributed by atoms with Gasteiger partial charge in [0.05, 0.1) is 6.33 Å². The van der Waals surface area contributed by atoms with Crippen LogP contribution in [0.25, 0.3) is 11.2 Å². The Hall–Kier alpha value is -2.05. The SMILES string of the molecule is COn1c(=O)[nH]c(=O)c2[nH]cnc21. The monoisotopic (exact) mass is 182 g/mol. The van der Waals surface area contributed by atoms with Crippen LogP contribution in [-0.2, 0) is 0 Å². The van der Waals surface area contributed by atoms with Crippen molar-refractivity contribution in [1.29, 1.82) is 0 Å². The minimum Gasteiger partial charge on any atom is -0.411 e. The smallest absolute Gasteiger partial charge is 0.363 e. The maximum absolute atomic E-state index is 11.1. The molecule has 2 N–H and O–H groups in total. The molecule has 0 saturated heterocycles. The van der Waals surface area contributed by atoms with E-state index in [4.69, 9.17) is 4.84 Å². The quantitative estimate of drug-likeness (QED) is 0.559. The van der Waals surface area contributed by atoms with E-state index in [-0.39, 0.29) is 11.2 Å². The Labute approximate surface area is 70.9 Å². The summed E-state index contributed by atoms with van der Waals surface area (Å²) >= 11 is 0.